The summed E-state index contributed by atoms with van der Waals surface area (Å²) in [6.45, 7) is 2.93. The number of nitro benzene ring substituents is 1. The number of nitrogens with zero attached hydrogens (tertiary/aromatic N) is 1. The number of carbonyl (C=O) groups excluding carboxylic acids is 1. The van der Waals surface area contributed by atoms with Gasteiger partial charge in [0, 0.05) is 12.6 Å². The maximum Gasteiger partial charge on any atom is 0.416 e. The van der Waals surface area contributed by atoms with Crippen LogP contribution in [0, 0.1) is 10.1 Å². The lowest BCUT2D eigenvalue weighted by Crippen LogP contribution is -2.25. The third-order valence-corrected chi connectivity index (χ3v) is 3.54. The van der Waals surface area contributed by atoms with Crippen LogP contribution >= 0.6 is 0 Å². The number of para-hydroxylation sites is 1. The van der Waals surface area contributed by atoms with Gasteiger partial charge < -0.3 is 10.1 Å². The van der Waals surface area contributed by atoms with Crippen LogP contribution in [0.4, 0.5) is 18.9 Å². The summed E-state index contributed by atoms with van der Waals surface area (Å²) >= 11 is 0. The molecule has 2 rings (SSSR count). The molecule has 0 heterocycles. The molecule has 0 atom stereocenters. The summed E-state index contributed by atoms with van der Waals surface area (Å²) in [7, 11) is 0. The van der Waals surface area contributed by atoms with Crippen molar-refractivity contribution in [1.29, 1.82) is 0 Å². The predicted molar refractivity (Wildman–Crippen MR) is 91.5 cm³/mol. The molecule has 0 aliphatic heterocycles. The Morgan fingerprint density at radius 3 is 2.48 bits per heavy atom. The third kappa shape index (κ3) is 5.19. The van der Waals surface area contributed by atoms with Crippen molar-refractivity contribution in [2.45, 2.75) is 32.7 Å². The van der Waals surface area contributed by atoms with Gasteiger partial charge in [-0.25, -0.2) is 0 Å². The fourth-order valence-electron chi connectivity index (χ4n) is 2.41. The van der Waals surface area contributed by atoms with E-state index in [0.717, 1.165) is 12.1 Å². The first kappa shape index (κ1) is 20.2. The molecule has 2 aromatic rings. The van der Waals surface area contributed by atoms with E-state index in [0.29, 0.717) is 0 Å². The van der Waals surface area contributed by atoms with E-state index < -0.39 is 34.8 Å². The van der Waals surface area contributed by atoms with Crippen molar-refractivity contribution in [3.8, 4) is 5.75 Å². The molecule has 9 heteroatoms. The van der Waals surface area contributed by atoms with Gasteiger partial charge in [0.2, 0.25) is 0 Å². The Morgan fingerprint density at radius 1 is 1.22 bits per heavy atom. The number of ether oxygens (including phenoxy) is 1. The van der Waals surface area contributed by atoms with E-state index in [2.05, 4.69) is 5.32 Å². The molecule has 0 radical (unpaired) electrons. The quantitative estimate of drug-likeness (QED) is 0.596. The first-order valence-electron chi connectivity index (χ1n) is 7.98. The van der Waals surface area contributed by atoms with Crippen molar-refractivity contribution in [3.05, 3.63) is 69.3 Å². The Hall–Kier alpha value is -3.10. The zero-order valence-corrected chi connectivity index (χ0v) is 14.5. The monoisotopic (exact) mass is 382 g/mol. The lowest BCUT2D eigenvalue weighted by Gasteiger charge is -2.17. The van der Waals surface area contributed by atoms with Crippen LogP contribution in [0.15, 0.2) is 42.5 Å². The minimum Gasteiger partial charge on any atom is -0.491 e. The molecule has 0 fully saturated rings. The lowest BCUT2D eigenvalue weighted by atomic mass is 10.1. The van der Waals surface area contributed by atoms with Gasteiger partial charge in [-0.1, -0.05) is 18.2 Å². The molecule has 0 aliphatic rings. The van der Waals surface area contributed by atoms with Crippen LogP contribution < -0.4 is 10.1 Å². The molecular weight excluding hydrogens is 365 g/mol. The molecule has 2 aromatic carbocycles. The normalized spacial score (nSPS) is 11.3. The van der Waals surface area contributed by atoms with Gasteiger partial charge in [-0.15, -0.1) is 0 Å². The first-order valence-corrected chi connectivity index (χ1v) is 7.98. The Bertz CT molecular complexity index is 851. The van der Waals surface area contributed by atoms with Crippen LogP contribution in [0.5, 0.6) is 5.75 Å². The number of rotatable bonds is 6. The van der Waals surface area contributed by atoms with E-state index in [1.807, 2.05) is 0 Å². The number of nitrogens with one attached hydrogen (secondary N) is 1. The Kier molecular flexibility index (Phi) is 6.04. The summed E-state index contributed by atoms with van der Waals surface area (Å²) in [5.41, 5.74) is -1.77. The van der Waals surface area contributed by atoms with Crippen LogP contribution in [0.25, 0.3) is 0 Å². The second-order valence-corrected chi connectivity index (χ2v) is 5.94. The highest BCUT2D eigenvalue weighted by Crippen LogP contribution is 2.34. The van der Waals surface area contributed by atoms with Gasteiger partial charge in [0.15, 0.2) is 0 Å². The molecule has 0 bridgehead atoms. The van der Waals surface area contributed by atoms with E-state index in [1.165, 1.54) is 30.3 Å². The fraction of sp³-hybridized carbons (Fsp3) is 0.278. The van der Waals surface area contributed by atoms with Crippen LogP contribution in [0.3, 0.4) is 0 Å². The van der Waals surface area contributed by atoms with Gasteiger partial charge in [0.1, 0.15) is 11.3 Å². The van der Waals surface area contributed by atoms with Crippen molar-refractivity contribution in [1.82, 2.24) is 5.32 Å². The molecule has 0 aliphatic carbocycles. The molecular formula is C18H17F3N2O4. The molecule has 144 valence electrons. The molecule has 6 nitrogen and oxygen atoms in total. The summed E-state index contributed by atoms with van der Waals surface area (Å²) < 4.78 is 45.3. The largest absolute Gasteiger partial charge is 0.491 e. The minimum atomic E-state index is -4.64. The van der Waals surface area contributed by atoms with Gasteiger partial charge >= 0.3 is 6.18 Å². The van der Waals surface area contributed by atoms with Gasteiger partial charge in [-0.3, -0.25) is 14.9 Å². The molecule has 0 aromatic heterocycles. The topological polar surface area (TPSA) is 81.5 Å². The molecule has 0 spiro atoms. The molecule has 27 heavy (non-hydrogen) atoms. The van der Waals surface area contributed by atoms with Crippen molar-refractivity contribution < 1.29 is 27.6 Å². The predicted octanol–water partition coefficient (Wildman–Crippen LogP) is 4.33. The number of carbonyl (C=O) groups is 1. The SMILES string of the molecule is CC(C)Oc1ccc(CNC(=O)c2ccccc2[N+](=O)[O-])c(C(F)(F)F)c1. The van der Waals surface area contributed by atoms with Crippen molar-refractivity contribution >= 4 is 11.6 Å². The number of benzene rings is 2. The summed E-state index contributed by atoms with van der Waals surface area (Å²) in [6, 6.07) is 8.66. The maximum absolute atomic E-state index is 13.3. The highest BCUT2D eigenvalue weighted by molar-refractivity contribution is 5.98. The zero-order chi connectivity index (χ0) is 20.2. The van der Waals surface area contributed by atoms with E-state index in [4.69, 9.17) is 4.74 Å². The molecule has 0 saturated heterocycles. The van der Waals surface area contributed by atoms with E-state index in [-0.39, 0.29) is 23.0 Å². The van der Waals surface area contributed by atoms with Gasteiger partial charge in [0.05, 0.1) is 16.6 Å². The lowest BCUT2D eigenvalue weighted by molar-refractivity contribution is -0.385. The van der Waals surface area contributed by atoms with Crippen molar-refractivity contribution in [2.24, 2.45) is 0 Å². The number of amides is 1. The third-order valence-electron chi connectivity index (χ3n) is 3.54. The van der Waals surface area contributed by atoms with Crippen LogP contribution in [0.1, 0.15) is 35.3 Å². The number of halogens is 3. The highest BCUT2D eigenvalue weighted by atomic mass is 19.4. The van der Waals surface area contributed by atoms with E-state index in [1.54, 1.807) is 13.8 Å². The first-order chi connectivity index (χ1) is 12.6. The molecule has 0 saturated carbocycles. The Morgan fingerprint density at radius 2 is 1.89 bits per heavy atom. The average molecular weight is 382 g/mol. The van der Waals surface area contributed by atoms with E-state index in [9.17, 15) is 28.1 Å². The fourth-order valence-corrected chi connectivity index (χ4v) is 2.41. The molecule has 1 N–H and O–H groups in total. The Balaban J connectivity index is 2.25. The van der Waals surface area contributed by atoms with Crippen LogP contribution in [0.2, 0.25) is 0 Å². The second kappa shape index (κ2) is 8.07. The number of nitro groups is 1. The van der Waals surface area contributed by atoms with Gasteiger partial charge in [0.25, 0.3) is 11.6 Å². The highest BCUT2D eigenvalue weighted by Gasteiger charge is 2.34. The summed E-state index contributed by atoms with van der Waals surface area (Å²) in [5, 5.41) is 13.3. The van der Waals surface area contributed by atoms with Crippen LogP contribution in [-0.4, -0.2) is 16.9 Å². The standard InChI is InChI=1S/C18H17F3N2O4/c1-11(2)27-13-8-7-12(15(9-13)18(19,20)21)10-22-17(24)14-5-3-4-6-16(14)23(25)26/h3-9,11H,10H2,1-2H3,(H,22,24). The van der Waals surface area contributed by atoms with E-state index >= 15 is 0 Å². The second-order valence-electron chi connectivity index (χ2n) is 5.94. The maximum atomic E-state index is 13.3. The van der Waals surface area contributed by atoms with Crippen molar-refractivity contribution in [2.75, 3.05) is 0 Å². The smallest absolute Gasteiger partial charge is 0.416 e. The number of hydrogen-bond donors (Lipinski definition) is 1. The molecule has 1 amide bonds. The average Bonchev–Trinajstić information content (AvgIpc) is 2.59. The summed E-state index contributed by atoms with van der Waals surface area (Å²) in [5.74, 6) is -0.774. The molecule has 0 unspecified atom stereocenters. The summed E-state index contributed by atoms with van der Waals surface area (Å²) in [4.78, 5) is 22.4. The number of hydrogen-bond acceptors (Lipinski definition) is 4. The van der Waals surface area contributed by atoms with Gasteiger partial charge in [-0.2, -0.15) is 13.2 Å². The number of alkyl halides is 3. The minimum absolute atomic E-state index is 0.0612. The van der Waals surface area contributed by atoms with Crippen LogP contribution in [-0.2, 0) is 12.7 Å². The van der Waals surface area contributed by atoms with Crippen molar-refractivity contribution in [3.63, 3.8) is 0 Å². The van der Waals surface area contributed by atoms with Gasteiger partial charge in [-0.05, 0) is 37.6 Å². The zero-order valence-electron chi connectivity index (χ0n) is 14.5. The Labute approximate surface area is 153 Å². The summed E-state index contributed by atoms with van der Waals surface area (Å²) in [6.07, 6.45) is -4.94.